The van der Waals surface area contributed by atoms with Gasteiger partial charge < -0.3 is 10.1 Å². The van der Waals surface area contributed by atoms with Crippen molar-refractivity contribution in [2.75, 3.05) is 11.9 Å². The number of nitrogens with one attached hydrogen (secondary N) is 1. The normalized spacial score (nSPS) is 22.4. The summed E-state index contributed by atoms with van der Waals surface area (Å²) in [6.07, 6.45) is 4.05. The van der Waals surface area contributed by atoms with Crippen LogP contribution in [-0.4, -0.2) is 18.6 Å². The Hall–Kier alpha value is -0.780. The molecule has 1 aromatic carbocycles. The van der Waals surface area contributed by atoms with Gasteiger partial charge in [-0.05, 0) is 79.5 Å². The SMILES string of the molecule is CCOC(=O)C1CCCC(Nc2ccc(I)cc2C)C1. The molecule has 3 nitrogen and oxygen atoms in total. The molecule has 2 unspecified atom stereocenters. The van der Waals surface area contributed by atoms with Crippen molar-refractivity contribution in [3.05, 3.63) is 27.3 Å². The molecule has 1 N–H and O–H groups in total. The first kappa shape index (κ1) is 15.6. The third-order valence-corrected chi connectivity index (χ3v) is 4.51. The number of hydrogen-bond acceptors (Lipinski definition) is 3. The number of anilines is 1. The van der Waals surface area contributed by atoms with E-state index in [1.165, 1.54) is 14.8 Å². The number of hydrogen-bond donors (Lipinski definition) is 1. The molecule has 0 spiro atoms. The number of ether oxygens (including phenoxy) is 1. The summed E-state index contributed by atoms with van der Waals surface area (Å²) in [5, 5.41) is 3.59. The number of halogens is 1. The van der Waals surface area contributed by atoms with Crippen LogP contribution in [0.2, 0.25) is 0 Å². The molecule has 0 aromatic heterocycles. The van der Waals surface area contributed by atoms with Crippen LogP contribution in [0.25, 0.3) is 0 Å². The number of rotatable bonds is 4. The lowest BCUT2D eigenvalue weighted by atomic mass is 9.85. The lowest BCUT2D eigenvalue weighted by molar-refractivity contribution is -0.149. The Balaban J connectivity index is 1.97. The van der Waals surface area contributed by atoms with Gasteiger partial charge in [0.15, 0.2) is 0 Å². The summed E-state index contributed by atoms with van der Waals surface area (Å²) >= 11 is 2.33. The molecule has 0 aliphatic heterocycles. The van der Waals surface area contributed by atoms with Crippen LogP contribution >= 0.6 is 22.6 Å². The van der Waals surface area contributed by atoms with Crippen LogP contribution in [0.15, 0.2) is 18.2 Å². The highest BCUT2D eigenvalue weighted by molar-refractivity contribution is 14.1. The topological polar surface area (TPSA) is 38.3 Å². The first-order chi connectivity index (χ1) is 9.60. The van der Waals surface area contributed by atoms with Crippen LogP contribution in [0.5, 0.6) is 0 Å². The Morgan fingerprint density at radius 1 is 1.45 bits per heavy atom. The van der Waals surface area contributed by atoms with Gasteiger partial charge in [0, 0.05) is 15.3 Å². The summed E-state index contributed by atoms with van der Waals surface area (Å²) in [5.74, 6) is 0.0312. The van der Waals surface area contributed by atoms with Gasteiger partial charge in [-0.2, -0.15) is 0 Å². The van der Waals surface area contributed by atoms with E-state index in [2.05, 4.69) is 53.0 Å². The summed E-state index contributed by atoms with van der Waals surface area (Å²) in [6, 6.07) is 6.79. The minimum Gasteiger partial charge on any atom is -0.466 e. The maximum absolute atomic E-state index is 11.9. The lowest BCUT2D eigenvalue weighted by Crippen LogP contribution is -2.32. The van der Waals surface area contributed by atoms with Crippen LogP contribution in [0, 0.1) is 16.4 Å². The fourth-order valence-corrected chi connectivity index (χ4v) is 3.45. The molecule has 110 valence electrons. The molecule has 1 aromatic rings. The molecule has 0 radical (unpaired) electrons. The summed E-state index contributed by atoms with van der Waals surface area (Å²) in [7, 11) is 0. The standard InChI is InChI=1S/C16H22INO2/c1-3-20-16(19)12-5-4-6-14(10-12)18-15-8-7-13(17)9-11(15)2/h7-9,12,14,18H,3-6,10H2,1-2H3. The summed E-state index contributed by atoms with van der Waals surface area (Å²) in [4.78, 5) is 11.9. The Kier molecular flexibility index (Phi) is 5.69. The maximum atomic E-state index is 11.9. The summed E-state index contributed by atoms with van der Waals surface area (Å²) < 4.78 is 6.40. The molecule has 0 heterocycles. The first-order valence-corrected chi connectivity index (χ1v) is 8.37. The highest BCUT2D eigenvalue weighted by atomic mass is 127. The number of esters is 1. The zero-order valence-corrected chi connectivity index (χ0v) is 14.3. The molecule has 2 atom stereocenters. The van der Waals surface area contributed by atoms with Crippen LogP contribution < -0.4 is 5.32 Å². The van der Waals surface area contributed by atoms with Gasteiger partial charge in [-0.15, -0.1) is 0 Å². The Labute approximate surface area is 134 Å². The Morgan fingerprint density at radius 3 is 2.95 bits per heavy atom. The largest absolute Gasteiger partial charge is 0.466 e. The molecule has 20 heavy (non-hydrogen) atoms. The average molecular weight is 387 g/mol. The van der Waals surface area contributed by atoms with Crippen LogP contribution in [0.3, 0.4) is 0 Å². The molecule has 0 amide bonds. The zero-order chi connectivity index (χ0) is 14.5. The number of carbonyl (C=O) groups excluding carboxylic acids is 1. The zero-order valence-electron chi connectivity index (χ0n) is 12.1. The number of carbonyl (C=O) groups is 1. The van der Waals surface area contributed by atoms with Crippen molar-refractivity contribution in [3.8, 4) is 0 Å². The van der Waals surface area contributed by atoms with Crippen LogP contribution in [0.4, 0.5) is 5.69 Å². The average Bonchev–Trinajstić information content (AvgIpc) is 2.43. The van der Waals surface area contributed by atoms with E-state index in [4.69, 9.17) is 4.74 Å². The lowest BCUT2D eigenvalue weighted by Gasteiger charge is -2.29. The van der Waals surface area contributed by atoms with Crippen molar-refractivity contribution in [1.82, 2.24) is 0 Å². The molecule has 1 aliphatic carbocycles. The third kappa shape index (κ3) is 4.11. The fraction of sp³-hybridized carbons (Fsp3) is 0.562. The fourth-order valence-electron chi connectivity index (χ4n) is 2.80. The van der Waals surface area contributed by atoms with E-state index in [9.17, 15) is 4.79 Å². The minimum atomic E-state index is -0.0293. The van der Waals surface area contributed by atoms with Gasteiger partial charge in [0.2, 0.25) is 0 Å². The minimum absolute atomic E-state index is 0.0293. The third-order valence-electron chi connectivity index (χ3n) is 3.84. The Bertz CT molecular complexity index is 476. The van der Waals surface area contributed by atoms with Crippen molar-refractivity contribution in [2.24, 2.45) is 5.92 Å². The van der Waals surface area contributed by atoms with E-state index < -0.39 is 0 Å². The highest BCUT2D eigenvalue weighted by Gasteiger charge is 2.28. The Morgan fingerprint density at radius 2 is 2.25 bits per heavy atom. The second kappa shape index (κ2) is 7.29. The molecule has 1 fully saturated rings. The van der Waals surface area contributed by atoms with Crippen molar-refractivity contribution >= 4 is 34.2 Å². The van der Waals surface area contributed by atoms with Gasteiger partial charge in [0.05, 0.1) is 12.5 Å². The first-order valence-electron chi connectivity index (χ1n) is 7.29. The van der Waals surface area contributed by atoms with Gasteiger partial charge in [0.25, 0.3) is 0 Å². The summed E-state index contributed by atoms with van der Waals surface area (Å²) in [6.45, 7) is 4.46. The van der Waals surface area contributed by atoms with E-state index in [0.29, 0.717) is 12.6 Å². The maximum Gasteiger partial charge on any atom is 0.308 e. The van der Waals surface area contributed by atoms with Gasteiger partial charge >= 0.3 is 5.97 Å². The van der Waals surface area contributed by atoms with E-state index in [1.54, 1.807) is 0 Å². The summed E-state index contributed by atoms with van der Waals surface area (Å²) in [5.41, 5.74) is 2.44. The van der Waals surface area contributed by atoms with Gasteiger partial charge in [-0.3, -0.25) is 4.79 Å². The molecular weight excluding hydrogens is 365 g/mol. The molecular formula is C16H22INO2. The van der Waals surface area contributed by atoms with Gasteiger partial charge in [0.1, 0.15) is 0 Å². The van der Waals surface area contributed by atoms with E-state index in [1.807, 2.05) is 6.92 Å². The van der Waals surface area contributed by atoms with Crippen LogP contribution in [0.1, 0.15) is 38.2 Å². The van der Waals surface area contributed by atoms with E-state index >= 15 is 0 Å². The van der Waals surface area contributed by atoms with Gasteiger partial charge in [-0.25, -0.2) is 0 Å². The van der Waals surface area contributed by atoms with Crippen molar-refractivity contribution in [3.63, 3.8) is 0 Å². The molecule has 0 saturated heterocycles. The smallest absolute Gasteiger partial charge is 0.308 e. The predicted molar refractivity (Wildman–Crippen MR) is 89.9 cm³/mol. The van der Waals surface area contributed by atoms with Crippen molar-refractivity contribution < 1.29 is 9.53 Å². The van der Waals surface area contributed by atoms with E-state index in [0.717, 1.165) is 25.7 Å². The predicted octanol–water partition coefficient (Wildman–Crippen LogP) is 4.13. The molecule has 0 bridgehead atoms. The quantitative estimate of drug-likeness (QED) is 0.624. The molecule has 2 rings (SSSR count). The molecule has 4 heteroatoms. The number of benzene rings is 1. The highest BCUT2D eigenvalue weighted by Crippen LogP contribution is 2.29. The van der Waals surface area contributed by atoms with Crippen LogP contribution in [-0.2, 0) is 9.53 Å². The van der Waals surface area contributed by atoms with Crippen molar-refractivity contribution in [1.29, 1.82) is 0 Å². The van der Waals surface area contributed by atoms with Crippen molar-refractivity contribution in [2.45, 2.75) is 45.6 Å². The molecule has 1 aliphatic rings. The molecule has 1 saturated carbocycles. The second-order valence-electron chi connectivity index (χ2n) is 5.42. The monoisotopic (exact) mass is 387 g/mol. The number of aryl methyl sites for hydroxylation is 1. The second-order valence-corrected chi connectivity index (χ2v) is 6.66. The van der Waals surface area contributed by atoms with E-state index in [-0.39, 0.29) is 11.9 Å². The van der Waals surface area contributed by atoms with Gasteiger partial charge in [-0.1, -0.05) is 6.42 Å².